The van der Waals surface area contributed by atoms with E-state index >= 15 is 0 Å². The first-order valence-electron chi connectivity index (χ1n) is 4.31. The van der Waals surface area contributed by atoms with Crippen molar-refractivity contribution in [1.29, 1.82) is 0 Å². The molecule has 0 aliphatic carbocycles. The fraction of sp³-hybridized carbons (Fsp3) is 0.125. The topological polar surface area (TPSA) is 85.1 Å². The van der Waals surface area contributed by atoms with Gasteiger partial charge < -0.3 is 5.73 Å². The smallest absolute Gasteiger partial charge is 0.264 e. The quantitative estimate of drug-likeness (QED) is 0.884. The van der Waals surface area contributed by atoms with Gasteiger partial charge in [0.25, 0.3) is 10.0 Å². The van der Waals surface area contributed by atoms with E-state index in [9.17, 15) is 8.42 Å². The molecule has 0 spiro atoms. The number of nitrogens with two attached hydrogens (primary N) is 1. The summed E-state index contributed by atoms with van der Waals surface area (Å²) in [6.07, 6.45) is 1.54. The van der Waals surface area contributed by atoms with Gasteiger partial charge in [0.15, 0.2) is 5.13 Å². The lowest BCUT2D eigenvalue weighted by Gasteiger charge is -2.01. The second kappa shape index (κ2) is 4.50. The Kier molecular flexibility index (Phi) is 3.24. The van der Waals surface area contributed by atoms with Crippen LogP contribution in [0.15, 0.2) is 27.9 Å². The molecule has 0 fully saturated rings. The van der Waals surface area contributed by atoms with Crippen LogP contribution in [0.5, 0.6) is 0 Å². The van der Waals surface area contributed by atoms with Gasteiger partial charge in [-0.3, -0.25) is 4.72 Å². The van der Waals surface area contributed by atoms with Crippen molar-refractivity contribution in [3.05, 3.63) is 27.9 Å². The lowest BCUT2D eigenvalue weighted by atomic mass is 10.5. The van der Waals surface area contributed by atoms with Gasteiger partial charge in [-0.2, -0.15) is 0 Å². The van der Waals surface area contributed by atoms with Gasteiger partial charge in [-0.15, -0.1) is 22.7 Å². The molecule has 0 saturated heterocycles. The van der Waals surface area contributed by atoms with Gasteiger partial charge in [0, 0.05) is 28.4 Å². The number of rotatable bonds is 4. The lowest BCUT2D eigenvalue weighted by Crippen LogP contribution is -2.11. The molecule has 0 atom stereocenters. The molecule has 0 saturated carbocycles. The molecule has 0 unspecified atom stereocenters. The monoisotopic (exact) mass is 275 g/mol. The van der Waals surface area contributed by atoms with Gasteiger partial charge >= 0.3 is 0 Å². The van der Waals surface area contributed by atoms with E-state index in [2.05, 4.69) is 9.71 Å². The first kappa shape index (κ1) is 11.5. The molecule has 16 heavy (non-hydrogen) atoms. The van der Waals surface area contributed by atoms with Gasteiger partial charge in [-0.25, -0.2) is 13.4 Å². The minimum atomic E-state index is -3.52. The Balaban J connectivity index is 2.25. The zero-order valence-electron chi connectivity index (χ0n) is 8.08. The number of aromatic nitrogens is 1. The summed E-state index contributed by atoms with van der Waals surface area (Å²) in [5.74, 6) is 0. The Bertz CT molecular complexity index is 559. The molecule has 8 heteroatoms. The van der Waals surface area contributed by atoms with Crippen molar-refractivity contribution in [2.24, 2.45) is 5.73 Å². The molecule has 2 aromatic heterocycles. The van der Waals surface area contributed by atoms with Crippen LogP contribution in [0.4, 0.5) is 5.13 Å². The van der Waals surface area contributed by atoms with E-state index in [1.54, 1.807) is 23.0 Å². The molecule has 86 valence electrons. The van der Waals surface area contributed by atoms with E-state index in [1.165, 1.54) is 22.7 Å². The fourth-order valence-corrected chi connectivity index (χ4v) is 4.00. The minimum absolute atomic E-state index is 0.230. The number of sulfonamides is 1. The maximum atomic E-state index is 11.9. The third-order valence-electron chi connectivity index (χ3n) is 1.80. The minimum Gasteiger partial charge on any atom is -0.326 e. The van der Waals surface area contributed by atoms with Crippen molar-refractivity contribution in [2.45, 2.75) is 11.4 Å². The second-order valence-electron chi connectivity index (χ2n) is 2.90. The Hall–Kier alpha value is -0.960. The average molecular weight is 275 g/mol. The maximum Gasteiger partial charge on any atom is 0.264 e. The number of hydrogen-bond acceptors (Lipinski definition) is 6. The summed E-state index contributed by atoms with van der Waals surface area (Å²) in [5, 5.41) is 3.63. The molecule has 0 amide bonds. The van der Waals surface area contributed by atoms with E-state index < -0.39 is 10.0 Å². The number of hydrogen-bond donors (Lipinski definition) is 2. The highest BCUT2D eigenvalue weighted by molar-refractivity contribution is 7.93. The van der Waals surface area contributed by atoms with Crippen molar-refractivity contribution < 1.29 is 8.42 Å². The molecule has 5 nitrogen and oxygen atoms in total. The SMILES string of the molecule is NCc1cc(S(=O)(=O)Nc2nccs2)cs1. The molecule has 3 N–H and O–H groups in total. The predicted molar refractivity (Wildman–Crippen MR) is 65.1 cm³/mol. The van der Waals surface area contributed by atoms with Gasteiger partial charge in [-0.1, -0.05) is 0 Å². The second-order valence-corrected chi connectivity index (χ2v) is 6.47. The van der Waals surface area contributed by atoms with Crippen LogP contribution in [0.25, 0.3) is 0 Å². The zero-order valence-corrected chi connectivity index (χ0v) is 10.5. The summed E-state index contributed by atoms with van der Waals surface area (Å²) in [6.45, 7) is 0.345. The third-order valence-corrected chi connectivity index (χ3v) is 5.04. The van der Waals surface area contributed by atoms with Crippen LogP contribution in [0.2, 0.25) is 0 Å². The van der Waals surface area contributed by atoms with Crippen molar-refractivity contribution in [3.8, 4) is 0 Å². The standard InChI is InChI=1S/C8H9N3O2S3/c9-4-6-3-7(5-15-6)16(12,13)11-8-10-1-2-14-8/h1-3,5H,4,9H2,(H,10,11). The third kappa shape index (κ3) is 2.40. The largest absolute Gasteiger partial charge is 0.326 e. The highest BCUT2D eigenvalue weighted by atomic mass is 32.2. The van der Waals surface area contributed by atoms with Crippen LogP contribution in [0, 0.1) is 0 Å². The maximum absolute atomic E-state index is 11.9. The van der Waals surface area contributed by atoms with Crippen LogP contribution in [0.1, 0.15) is 4.88 Å². The first-order chi connectivity index (χ1) is 7.62. The Morgan fingerprint density at radius 1 is 1.44 bits per heavy atom. The molecule has 0 aliphatic rings. The molecular formula is C8H9N3O2S3. The molecule has 2 heterocycles. The summed E-state index contributed by atoms with van der Waals surface area (Å²) < 4.78 is 26.1. The average Bonchev–Trinajstić information content (AvgIpc) is 2.85. The van der Waals surface area contributed by atoms with Crippen LogP contribution in [-0.4, -0.2) is 13.4 Å². The summed E-state index contributed by atoms with van der Waals surface area (Å²) in [4.78, 5) is 4.92. The highest BCUT2D eigenvalue weighted by Gasteiger charge is 2.16. The predicted octanol–water partition coefficient (Wildman–Crippen LogP) is 1.46. The van der Waals surface area contributed by atoms with Crippen molar-refractivity contribution in [2.75, 3.05) is 4.72 Å². The van der Waals surface area contributed by atoms with E-state index in [0.717, 1.165) is 4.88 Å². The molecule has 2 aromatic rings. The molecule has 0 aromatic carbocycles. The molecule has 2 rings (SSSR count). The van der Waals surface area contributed by atoms with Crippen molar-refractivity contribution >= 4 is 37.8 Å². The Labute approximate surface area is 101 Å². The van der Waals surface area contributed by atoms with E-state index in [4.69, 9.17) is 5.73 Å². The molecular weight excluding hydrogens is 266 g/mol. The summed E-state index contributed by atoms with van der Waals surface area (Å²) in [7, 11) is -3.52. The Morgan fingerprint density at radius 3 is 2.81 bits per heavy atom. The highest BCUT2D eigenvalue weighted by Crippen LogP contribution is 2.22. The van der Waals surface area contributed by atoms with E-state index in [-0.39, 0.29) is 4.90 Å². The van der Waals surface area contributed by atoms with Gasteiger partial charge in [0.1, 0.15) is 0 Å². The van der Waals surface area contributed by atoms with Gasteiger partial charge in [-0.05, 0) is 6.07 Å². The summed E-state index contributed by atoms with van der Waals surface area (Å²) in [6, 6.07) is 1.57. The fourth-order valence-electron chi connectivity index (χ4n) is 1.06. The Morgan fingerprint density at radius 2 is 2.25 bits per heavy atom. The zero-order chi connectivity index (χ0) is 11.6. The van der Waals surface area contributed by atoms with Crippen LogP contribution in [0.3, 0.4) is 0 Å². The summed E-state index contributed by atoms with van der Waals surface area (Å²) in [5.41, 5.74) is 5.43. The van der Waals surface area contributed by atoms with Crippen molar-refractivity contribution in [1.82, 2.24) is 4.98 Å². The van der Waals surface area contributed by atoms with Crippen molar-refractivity contribution in [3.63, 3.8) is 0 Å². The molecule has 0 aliphatic heterocycles. The number of anilines is 1. The van der Waals surface area contributed by atoms with Crippen LogP contribution < -0.4 is 10.5 Å². The number of nitrogens with zero attached hydrogens (tertiary/aromatic N) is 1. The molecule has 0 bridgehead atoms. The number of nitrogens with one attached hydrogen (secondary N) is 1. The molecule has 0 radical (unpaired) electrons. The summed E-state index contributed by atoms with van der Waals surface area (Å²) >= 11 is 2.56. The van der Waals surface area contributed by atoms with Gasteiger partial charge in [0.2, 0.25) is 0 Å². The normalized spacial score (nSPS) is 11.6. The first-order valence-corrected chi connectivity index (χ1v) is 7.56. The lowest BCUT2D eigenvalue weighted by molar-refractivity contribution is 0.601. The van der Waals surface area contributed by atoms with E-state index in [0.29, 0.717) is 11.7 Å². The number of thiophene rings is 1. The van der Waals surface area contributed by atoms with E-state index in [1.807, 2.05) is 0 Å². The number of thiazole rings is 1. The van der Waals surface area contributed by atoms with Crippen LogP contribution >= 0.6 is 22.7 Å². The van der Waals surface area contributed by atoms with Crippen LogP contribution in [-0.2, 0) is 16.6 Å². The van der Waals surface area contributed by atoms with Gasteiger partial charge in [0.05, 0.1) is 4.90 Å².